The third-order valence-corrected chi connectivity index (χ3v) is 5.02. The van der Waals surface area contributed by atoms with Crippen molar-refractivity contribution in [3.8, 4) is 0 Å². The minimum atomic E-state index is -0.452. The highest BCUT2D eigenvalue weighted by molar-refractivity contribution is 7.99. The maximum atomic E-state index is 12.0. The van der Waals surface area contributed by atoms with Gasteiger partial charge in [0.2, 0.25) is 5.91 Å². The zero-order chi connectivity index (χ0) is 16.1. The number of carbonyl (C=O) groups excluding carboxylic acids is 2. The number of amides is 1. The zero-order valence-corrected chi connectivity index (χ0v) is 14.1. The van der Waals surface area contributed by atoms with E-state index in [0.717, 1.165) is 11.3 Å². The average molecular weight is 340 g/mol. The molecular formula is C13H16N4O3S2. The fourth-order valence-electron chi connectivity index (χ4n) is 1.67. The number of thiophene rings is 1. The molecule has 2 rings (SSSR count). The Kier molecular flexibility index (Phi) is 5.56. The van der Waals surface area contributed by atoms with E-state index in [-0.39, 0.29) is 11.7 Å². The summed E-state index contributed by atoms with van der Waals surface area (Å²) in [5.41, 5.74) is 0.390. The molecule has 0 saturated carbocycles. The Morgan fingerprint density at radius 2 is 2.27 bits per heavy atom. The molecule has 0 aliphatic carbocycles. The number of rotatable bonds is 6. The van der Waals surface area contributed by atoms with E-state index in [2.05, 4.69) is 15.5 Å². The quantitative estimate of drug-likeness (QED) is 0.639. The van der Waals surface area contributed by atoms with Gasteiger partial charge in [-0.2, -0.15) is 0 Å². The van der Waals surface area contributed by atoms with Gasteiger partial charge in [0.15, 0.2) is 5.16 Å². The van der Waals surface area contributed by atoms with Crippen LogP contribution in [0.5, 0.6) is 0 Å². The largest absolute Gasteiger partial charge is 0.465 e. The number of thioether (sulfide) groups is 1. The highest BCUT2D eigenvalue weighted by atomic mass is 32.2. The molecule has 7 nitrogen and oxygen atoms in total. The standard InChI is InChI=1S/C13H16N4O3S2/c1-4-8-5-9(12(19)20-3)11(22-8)15-10(18)6-21-13-16-14-7-17(13)2/h5,7H,4,6H2,1-3H3,(H,15,18). The van der Waals surface area contributed by atoms with Gasteiger partial charge in [0.1, 0.15) is 11.3 Å². The summed E-state index contributed by atoms with van der Waals surface area (Å²) in [7, 11) is 3.13. The number of nitrogens with one attached hydrogen (secondary N) is 1. The van der Waals surface area contributed by atoms with E-state index in [1.54, 1.807) is 17.0 Å². The summed E-state index contributed by atoms with van der Waals surface area (Å²) in [4.78, 5) is 24.8. The van der Waals surface area contributed by atoms with Crippen molar-refractivity contribution < 1.29 is 14.3 Å². The van der Waals surface area contributed by atoms with E-state index < -0.39 is 5.97 Å². The summed E-state index contributed by atoms with van der Waals surface area (Å²) >= 11 is 2.66. The van der Waals surface area contributed by atoms with Gasteiger partial charge in [0.25, 0.3) is 0 Å². The van der Waals surface area contributed by atoms with Crippen molar-refractivity contribution in [2.45, 2.75) is 18.5 Å². The van der Waals surface area contributed by atoms with E-state index in [1.807, 2.05) is 14.0 Å². The Morgan fingerprint density at radius 3 is 2.86 bits per heavy atom. The molecule has 22 heavy (non-hydrogen) atoms. The Hall–Kier alpha value is -1.87. The van der Waals surface area contributed by atoms with Crippen molar-refractivity contribution in [1.29, 1.82) is 0 Å². The lowest BCUT2D eigenvalue weighted by Gasteiger charge is -2.05. The predicted molar refractivity (Wildman–Crippen MR) is 85.4 cm³/mol. The van der Waals surface area contributed by atoms with Gasteiger partial charge in [-0.25, -0.2) is 4.79 Å². The van der Waals surface area contributed by atoms with Gasteiger partial charge >= 0.3 is 5.97 Å². The molecule has 0 aromatic carbocycles. The van der Waals surface area contributed by atoms with Crippen LogP contribution in [0.25, 0.3) is 0 Å². The third-order valence-electron chi connectivity index (χ3n) is 2.79. The fraction of sp³-hybridized carbons (Fsp3) is 0.385. The summed E-state index contributed by atoms with van der Waals surface area (Å²) in [6.07, 6.45) is 2.36. The molecule has 0 unspecified atom stereocenters. The SMILES string of the molecule is CCc1cc(C(=O)OC)c(NC(=O)CSc2nncn2C)s1. The molecule has 9 heteroatoms. The van der Waals surface area contributed by atoms with Crippen LogP contribution in [-0.4, -0.2) is 39.5 Å². The van der Waals surface area contributed by atoms with E-state index >= 15 is 0 Å². The molecule has 0 bridgehead atoms. The molecule has 0 atom stereocenters. The van der Waals surface area contributed by atoms with Crippen molar-refractivity contribution in [3.63, 3.8) is 0 Å². The molecule has 0 radical (unpaired) electrons. The van der Waals surface area contributed by atoms with Crippen LogP contribution in [0.2, 0.25) is 0 Å². The number of nitrogens with zero attached hydrogens (tertiary/aromatic N) is 3. The maximum absolute atomic E-state index is 12.0. The van der Waals surface area contributed by atoms with Crippen LogP contribution in [0.3, 0.4) is 0 Å². The highest BCUT2D eigenvalue weighted by Gasteiger charge is 2.18. The first-order valence-electron chi connectivity index (χ1n) is 6.52. The van der Waals surface area contributed by atoms with Crippen molar-refractivity contribution in [2.75, 3.05) is 18.2 Å². The second kappa shape index (κ2) is 7.41. The summed E-state index contributed by atoms with van der Waals surface area (Å²) in [5.74, 6) is -0.471. The number of ether oxygens (including phenoxy) is 1. The van der Waals surface area contributed by atoms with Gasteiger partial charge in [0, 0.05) is 11.9 Å². The number of methoxy groups -OCH3 is 1. The van der Waals surface area contributed by atoms with Gasteiger partial charge in [0.05, 0.1) is 18.4 Å². The van der Waals surface area contributed by atoms with Crippen LogP contribution in [0.1, 0.15) is 22.2 Å². The number of hydrogen-bond acceptors (Lipinski definition) is 7. The number of aromatic nitrogens is 3. The Bertz CT molecular complexity index is 681. The fourth-order valence-corrected chi connectivity index (χ4v) is 3.36. The maximum Gasteiger partial charge on any atom is 0.340 e. The van der Waals surface area contributed by atoms with Gasteiger partial charge in [-0.05, 0) is 12.5 Å². The first kappa shape index (κ1) is 16.5. The zero-order valence-electron chi connectivity index (χ0n) is 12.5. The molecule has 0 spiro atoms. The topological polar surface area (TPSA) is 86.1 Å². The third kappa shape index (κ3) is 3.86. The van der Waals surface area contributed by atoms with Crippen molar-refractivity contribution in [3.05, 3.63) is 22.8 Å². The molecule has 0 aliphatic rings. The van der Waals surface area contributed by atoms with E-state index in [9.17, 15) is 9.59 Å². The minimum absolute atomic E-state index is 0.187. The summed E-state index contributed by atoms with van der Waals surface area (Å²) in [5, 5.41) is 11.6. The van der Waals surface area contributed by atoms with Crippen LogP contribution in [-0.2, 0) is 23.0 Å². The molecule has 1 amide bonds. The summed E-state index contributed by atoms with van der Waals surface area (Å²) in [6.45, 7) is 1.99. The van der Waals surface area contributed by atoms with Gasteiger partial charge in [-0.3, -0.25) is 4.79 Å². The number of anilines is 1. The monoisotopic (exact) mass is 340 g/mol. The molecule has 2 heterocycles. The first-order chi connectivity index (χ1) is 10.5. The van der Waals surface area contributed by atoms with Gasteiger partial charge in [-0.15, -0.1) is 21.5 Å². The van der Waals surface area contributed by atoms with E-state index in [0.29, 0.717) is 15.7 Å². The van der Waals surface area contributed by atoms with Crippen LogP contribution in [0.15, 0.2) is 17.6 Å². The average Bonchev–Trinajstić information content (AvgIpc) is 3.10. The molecular weight excluding hydrogens is 324 g/mol. The van der Waals surface area contributed by atoms with Crippen LogP contribution in [0.4, 0.5) is 5.00 Å². The smallest absolute Gasteiger partial charge is 0.340 e. The highest BCUT2D eigenvalue weighted by Crippen LogP contribution is 2.29. The number of carbonyl (C=O) groups is 2. The van der Waals surface area contributed by atoms with Gasteiger partial charge < -0.3 is 14.6 Å². The second-order valence-corrected chi connectivity index (χ2v) is 6.44. The number of aryl methyl sites for hydroxylation is 2. The normalized spacial score (nSPS) is 10.5. The number of esters is 1. The Morgan fingerprint density at radius 1 is 1.50 bits per heavy atom. The van der Waals surface area contributed by atoms with E-state index in [4.69, 9.17) is 4.74 Å². The van der Waals surface area contributed by atoms with Crippen molar-refractivity contribution >= 4 is 40.0 Å². The minimum Gasteiger partial charge on any atom is -0.465 e. The molecule has 0 saturated heterocycles. The van der Waals surface area contributed by atoms with Crippen LogP contribution < -0.4 is 5.32 Å². The Balaban J connectivity index is 2.03. The molecule has 0 aliphatic heterocycles. The lowest BCUT2D eigenvalue weighted by atomic mass is 10.2. The van der Waals surface area contributed by atoms with Crippen molar-refractivity contribution in [2.24, 2.45) is 7.05 Å². The molecule has 118 valence electrons. The van der Waals surface area contributed by atoms with Crippen molar-refractivity contribution in [1.82, 2.24) is 14.8 Å². The molecule has 0 fully saturated rings. The lowest BCUT2D eigenvalue weighted by Crippen LogP contribution is -2.15. The van der Waals surface area contributed by atoms with E-state index in [1.165, 1.54) is 30.2 Å². The van der Waals surface area contributed by atoms with Gasteiger partial charge in [-0.1, -0.05) is 18.7 Å². The molecule has 1 N–H and O–H groups in total. The predicted octanol–water partition coefficient (Wildman–Crippen LogP) is 1.96. The van der Waals surface area contributed by atoms with Crippen LogP contribution >= 0.6 is 23.1 Å². The first-order valence-corrected chi connectivity index (χ1v) is 8.33. The summed E-state index contributed by atoms with van der Waals surface area (Å²) in [6, 6.07) is 1.75. The van der Waals surface area contributed by atoms with Crippen LogP contribution in [0, 0.1) is 0 Å². The lowest BCUT2D eigenvalue weighted by molar-refractivity contribution is -0.113. The Labute approximate surface area is 136 Å². The second-order valence-electron chi connectivity index (χ2n) is 4.36. The number of hydrogen-bond donors (Lipinski definition) is 1. The molecule has 2 aromatic heterocycles. The summed E-state index contributed by atoms with van der Waals surface area (Å²) < 4.78 is 6.47. The molecule has 2 aromatic rings.